The van der Waals surface area contributed by atoms with E-state index in [4.69, 9.17) is 9.47 Å². The van der Waals surface area contributed by atoms with E-state index in [9.17, 15) is 8.42 Å². The first-order valence-electron chi connectivity index (χ1n) is 7.90. The zero-order valence-electron chi connectivity index (χ0n) is 14.8. The van der Waals surface area contributed by atoms with Crippen LogP contribution in [0.5, 0.6) is 5.75 Å². The maximum atomic E-state index is 13.1. The number of morpholine rings is 1. The Balaban J connectivity index is 2.49. The summed E-state index contributed by atoms with van der Waals surface area (Å²) in [6, 6.07) is 5.39. The monoisotopic (exact) mass is 341 g/mol. The largest absolute Gasteiger partial charge is 0.495 e. The van der Waals surface area contributed by atoms with E-state index in [0.717, 1.165) is 5.56 Å². The minimum Gasteiger partial charge on any atom is -0.495 e. The second-order valence-electron chi connectivity index (χ2n) is 7.19. The maximum absolute atomic E-state index is 13.1. The second kappa shape index (κ2) is 6.42. The average molecular weight is 341 g/mol. The van der Waals surface area contributed by atoms with E-state index in [2.05, 4.69) is 20.8 Å². The van der Waals surface area contributed by atoms with Crippen LogP contribution in [0.25, 0.3) is 0 Å². The van der Waals surface area contributed by atoms with Gasteiger partial charge in [0.2, 0.25) is 10.0 Å². The van der Waals surface area contributed by atoms with Crippen LogP contribution in [0.2, 0.25) is 0 Å². The molecular formula is C17H27NO4S. The number of nitrogens with zero attached hydrogens (tertiary/aromatic N) is 1. The Morgan fingerprint density at radius 2 is 1.74 bits per heavy atom. The first-order valence-corrected chi connectivity index (χ1v) is 9.34. The lowest BCUT2D eigenvalue weighted by Crippen LogP contribution is -2.48. The number of benzene rings is 1. The molecule has 0 radical (unpaired) electrons. The van der Waals surface area contributed by atoms with Crippen LogP contribution in [0.15, 0.2) is 23.1 Å². The molecule has 0 aromatic heterocycles. The molecule has 0 aliphatic carbocycles. The predicted octanol–water partition coefficient (Wildman–Crippen LogP) is 2.79. The van der Waals surface area contributed by atoms with Gasteiger partial charge in [0.1, 0.15) is 10.6 Å². The number of hydrogen-bond acceptors (Lipinski definition) is 4. The number of hydrogen-bond donors (Lipinski definition) is 0. The summed E-state index contributed by atoms with van der Waals surface area (Å²) in [4.78, 5) is 0.230. The molecule has 2 atom stereocenters. The van der Waals surface area contributed by atoms with E-state index < -0.39 is 10.0 Å². The van der Waals surface area contributed by atoms with Gasteiger partial charge in [-0.15, -0.1) is 0 Å². The Morgan fingerprint density at radius 1 is 1.17 bits per heavy atom. The SMILES string of the molecule is COc1ccc(C(C)(C)C)cc1S(=O)(=O)N1C[C@@H](C)O[C@H](C)C1. The average Bonchev–Trinajstić information content (AvgIpc) is 2.44. The van der Waals surface area contributed by atoms with Crippen molar-refractivity contribution in [3.8, 4) is 5.75 Å². The van der Waals surface area contributed by atoms with E-state index in [-0.39, 0.29) is 22.5 Å². The van der Waals surface area contributed by atoms with Crippen LogP contribution in [0.3, 0.4) is 0 Å². The third kappa shape index (κ3) is 3.87. The molecule has 0 unspecified atom stereocenters. The minimum absolute atomic E-state index is 0.120. The Hall–Kier alpha value is -1.11. The highest BCUT2D eigenvalue weighted by Crippen LogP contribution is 2.33. The molecule has 0 N–H and O–H groups in total. The molecule has 1 saturated heterocycles. The van der Waals surface area contributed by atoms with Crippen molar-refractivity contribution in [1.29, 1.82) is 0 Å². The van der Waals surface area contributed by atoms with Crippen molar-refractivity contribution in [2.75, 3.05) is 20.2 Å². The highest BCUT2D eigenvalue weighted by molar-refractivity contribution is 7.89. The third-order valence-corrected chi connectivity index (χ3v) is 5.89. The standard InChI is InChI=1S/C17H27NO4S/c1-12-10-18(11-13(2)22-12)23(19,20)16-9-14(17(3,4)5)7-8-15(16)21-6/h7-9,12-13H,10-11H2,1-6H3/t12-,13-/m1/s1. The fourth-order valence-electron chi connectivity index (χ4n) is 2.81. The molecule has 0 amide bonds. The molecule has 0 bridgehead atoms. The number of sulfonamides is 1. The predicted molar refractivity (Wildman–Crippen MR) is 90.5 cm³/mol. The Kier molecular flexibility index (Phi) is 5.09. The molecule has 1 fully saturated rings. The zero-order valence-corrected chi connectivity index (χ0v) is 15.6. The quantitative estimate of drug-likeness (QED) is 0.848. The van der Waals surface area contributed by atoms with Gasteiger partial charge < -0.3 is 9.47 Å². The van der Waals surface area contributed by atoms with E-state index in [1.165, 1.54) is 11.4 Å². The van der Waals surface area contributed by atoms with Gasteiger partial charge in [0.15, 0.2) is 0 Å². The van der Waals surface area contributed by atoms with Crippen molar-refractivity contribution in [2.45, 2.75) is 57.1 Å². The summed E-state index contributed by atoms with van der Waals surface area (Å²) in [7, 11) is -2.13. The Morgan fingerprint density at radius 3 is 2.22 bits per heavy atom. The lowest BCUT2D eigenvalue weighted by atomic mass is 9.87. The van der Waals surface area contributed by atoms with Crippen LogP contribution in [-0.4, -0.2) is 45.1 Å². The lowest BCUT2D eigenvalue weighted by molar-refractivity contribution is -0.0441. The zero-order chi connectivity index (χ0) is 17.4. The second-order valence-corrected chi connectivity index (χ2v) is 9.10. The number of ether oxygens (including phenoxy) is 2. The molecule has 0 spiro atoms. The van der Waals surface area contributed by atoms with E-state index in [0.29, 0.717) is 18.8 Å². The van der Waals surface area contributed by atoms with Gasteiger partial charge in [-0.05, 0) is 37.0 Å². The first-order chi connectivity index (χ1) is 10.6. The summed E-state index contributed by atoms with van der Waals surface area (Å²) in [5.74, 6) is 0.379. The van der Waals surface area contributed by atoms with Crippen molar-refractivity contribution in [2.24, 2.45) is 0 Å². The normalized spacial score (nSPS) is 23.7. The highest BCUT2D eigenvalue weighted by Gasteiger charge is 2.34. The van der Waals surface area contributed by atoms with Crippen molar-refractivity contribution < 1.29 is 17.9 Å². The van der Waals surface area contributed by atoms with E-state index in [1.54, 1.807) is 12.1 Å². The lowest BCUT2D eigenvalue weighted by Gasteiger charge is -2.34. The molecule has 1 aromatic rings. The van der Waals surface area contributed by atoms with Crippen molar-refractivity contribution >= 4 is 10.0 Å². The van der Waals surface area contributed by atoms with Crippen LogP contribution < -0.4 is 4.74 Å². The van der Waals surface area contributed by atoms with Gasteiger partial charge in [-0.25, -0.2) is 8.42 Å². The Bertz CT molecular complexity index is 654. The number of rotatable bonds is 3. The van der Waals surface area contributed by atoms with Crippen LogP contribution in [-0.2, 0) is 20.2 Å². The summed E-state index contributed by atoms with van der Waals surface area (Å²) in [6.07, 6.45) is -0.240. The fourth-order valence-corrected chi connectivity index (χ4v) is 4.58. The molecular weight excluding hydrogens is 314 g/mol. The van der Waals surface area contributed by atoms with Crippen molar-refractivity contribution in [3.63, 3.8) is 0 Å². The van der Waals surface area contributed by atoms with Gasteiger partial charge in [0, 0.05) is 13.1 Å². The molecule has 130 valence electrons. The molecule has 6 heteroatoms. The van der Waals surface area contributed by atoms with Gasteiger partial charge in [0.05, 0.1) is 19.3 Å². The summed E-state index contributed by atoms with van der Waals surface area (Å²) in [6.45, 7) is 10.7. The summed E-state index contributed by atoms with van der Waals surface area (Å²) in [5.41, 5.74) is 0.827. The Labute approximate surface area is 139 Å². The van der Waals surface area contributed by atoms with Gasteiger partial charge in [-0.3, -0.25) is 0 Å². The minimum atomic E-state index is -3.63. The molecule has 1 aromatic carbocycles. The van der Waals surface area contributed by atoms with Crippen molar-refractivity contribution in [1.82, 2.24) is 4.31 Å². The van der Waals surface area contributed by atoms with E-state index >= 15 is 0 Å². The molecule has 0 saturated carbocycles. The summed E-state index contributed by atoms with van der Waals surface area (Å²) < 4.78 is 38.7. The van der Waals surface area contributed by atoms with Gasteiger partial charge >= 0.3 is 0 Å². The first kappa shape index (κ1) is 18.2. The summed E-state index contributed by atoms with van der Waals surface area (Å²) >= 11 is 0. The van der Waals surface area contributed by atoms with Gasteiger partial charge in [-0.2, -0.15) is 4.31 Å². The number of methoxy groups -OCH3 is 1. The highest BCUT2D eigenvalue weighted by atomic mass is 32.2. The van der Waals surface area contributed by atoms with Crippen LogP contribution in [0, 0.1) is 0 Å². The molecule has 1 aliphatic heterocycles. The van der Waals surface area contributed by atoms with Gasteiger partial charge in [-0.1, -0.05) is 26.8 Å². The molecule has 5 nitrogen and oxygen atoms in total. The van der Waals surface area contributed by atoms with Crippen LogP contribution in [0.1, 0.15) is 40.2 Å². The van der Waals surface area contributed by atoms with Crippen LogP contribution >= 0.6 is 0 Å². The smallest absolute Gasteiger partial charge is 0.246 e. The van der Waals surface area contributed by atoms with Crippen molar-refractivity contribution in [3.05, 3.63) is 23.8 Å². The van der Waals surface area contributed by atoms with E-state index in [1.807, 2.05) is 19.9 Å². The topological polar surface area (TPSA) is 55.8 Å². The van der Waals surface area contributed by atoms with Crippen LogP contribution in [0.4, 0.5) is 0 Å². The third-order valence-electron chi connectivity index (χ3n) is 4.03. The fraction of sp³-hybridized carbons (Fsp3) is 0.647. The molecule has 23 heavy (non-hydrogen) atoms. The molecule has 1 heterocycles. The van der Waals surface area contributed by atoms with Gasteiger partial charge in [0.25, 0.3) is 0 Å². The summed E-state index contributed by atoms with van der Waals surface area (Å²) in [5, 5.41) is 0. The molecule has 1 aliphatic rings. The molecule has 2 rings (SSSR count). The maximum Gasteiger partial charge on any atom is 0.246 e.